The molecule has 2 bridgehead atoms. The van der Waals surface area contributed by atoms with Crippen LogP contribution in [0.3, 0.4) is 0 Å². The Morgan fingerprint density at radius 1 is 1.12 bits per heavy atom. The van der Waals surface area contributed by atoms with Gasteiger partial charge in [0.1, 0.15) is 6.04 Å². The van der Waals surface area contributed by atoms with Gasteiger partial charge in [0.05, 0.1) is 35.8 Å². The summed E-state index contributed by atoms with van der Waals surface area (Å²) in [5.41, 5.74) is 1.44. The summed E-state index contributed by atoms with van der Waals surface area (Å²) in [6, 6.07) is 21.5. The highest BCUT2D eigenvalue weighted by Gasteiger charge is 2.78. The average Bonchev–Trinajstić information content (AvgIpc) is 3.57. The van der Waals surface area contributed by atoms with E-state index in [1.807, 2.05) is 79.7 Å². The van der Waals surface area contributed by atoms with Gasteiger partial charge in [0.15, 0.2) is 0 Å². The fourth-order valence-corrected chi connectivity index (χ4v) is 9.87. The van der Waals surface area contributed by atoms with Gasteiger partial charge in [-0.05, 0) is 55.2 Å². The number of hydrogen-bond donors (Lipinski definition) is 1. The first kappa shape index (κ1) is 28.5. The van der Waals surface area contributed by atoms with Crippen LogP contribution in [0.15, 0.2) is 85.5 Å². The Kier molecular flexibility index (Phi) is 7.39. The quantitative estimate of drug-likeness (QED) is 0.277. The van der Waals surface area contributed by atoms with Crippen molar-refractivity contribution in [3.63, 3.8) is 0 Å². The molecule has 3 saturated heterocycles. The Morgan fingerprint density at radius 2 is 1.83 bits per heavy atom. The molecular weight excluding hydrogens is 548 g/mol. The number of hydrogen-bond acceptors (Lipinski definition) is 6. The van der Waals surface area contributed by atoms with Crippen LogP contribution in [0.2, 0.25) is 0 Å². The summed E-state index contributed by atoms with van der Waals surface area (Å²) in [7, 11) is 0. The number of amides is 2. The van der Waals surface area contributed by atoms with Gasteiger partial charge in [-0.15, -0.1) is 18.3 Å². The van der Waals surface area contributed by atoms with E-state index in [1.165, 1.54) is 0 Å². The Morgan fingerprint density at radius 3 is 2.52 bits per heavy atom. The third kappa shape index (κ3) is 4.26. The zero-order chi connectivity index (χ0) is 29.6. The Balaban J connectivity index is 1.50. The number of carbonyl (C=O) groups excluding carboxylic acids is 3. The van der Waals surface area contributed by atoms with Gasteiger partial charge in [-0.2, -0.15) is 0 Å². The van der Waals surface area contributed by atoms with Gasteiger partial charge in [0.2, 0.25) is 5.91 Å². The number of aliphatic hydroxyl groups is 1. The van der Waals surface area contributed by atoms with Crippen LogP contribution in [0.1, 0.15) is 38.3 Å². The van der Waals surface area contributed by atoms with Crippen molar-refractivity contribution >= 4 is 46.0 Å². The number of ether oxygens (including phenoxy) is 1. The number of nitrogens with zero attached hydrogens (tertiary/aromatic N) is 2. The monoisotopic (exact) mass is 584 g/mol. The van der Waals surface area contributed by atoms with E-state index < -0.39 is 39.4 Å². The van der Waals surface area contributed by atoms with Crippen molar-refractivity contribution in [2.45, 2.75) is 48.3 Å². The zero-order valence-electron chi connectivity index (χ0n) is 23.9. The maximum absolute atomic E-state index is 15.0. The highest BCUT2D eigenvalue weighted by atomic mass is 32.2. The lowest BCUT2D eigenvalue weighted by molar-refractivity contribution is -0.155. The fraction of sp³-hybridized carbons (Fsp3) is 0.382. The van der Waals surface area contributed by atoms with Gasteiger partial charge >= 0.3 is 5.97 Å². The topological polar surface area (TPSA) is 87.2 Å². The molecule has 8 heteroatoms. The van der Waals surface area contributed by atoms with Crippen molar-refractivity contribution < 1.29 is 24.2 Å². The fourth-order valence-electron chi connectivity index (χ4n) is 7.54. The lowest BCUT2D eigenvalue weighted by Crippen LogP contribution is -2.56. The van der Waals surface area contributed by atoms with Crippen molar-refractivity contribution in [1.82, 2.24) is 4.90 Å². The van der Waals surface area contributed by atoms with Gasteiger partial charge in [0.25, 0.3) is 5.91 Å². The number of thioether (sulfide) groups is 1. The molecule has 218 valence electrons. The smallest absolute Gasteiger partial charge is 0.311 e. The van der Waals surface area contributed by atoms with Crippen LogP contribution in [0.5, 0.6) is 0 Å². The Hall–Kier alpha value is -3.62. The van der Waals surface area contributed by atoms with Crippen LogP contribution in [-0.4, -0.2) is 63.1 Å². The molecule has 6 atom stereocenters. The maximum atomic E-state index is 15.0. The molecule has 0 aliphatic carbocycles. The minimum atomic E-state index is -0.898. The standard InChI is InChI=1S/C34H36N2O5S/c1-4-19-35(25-16-15-22-11-9-10-14-24(22)20-25)31(39)29-34-18-17-33(3,42-34)28(32(40)41-5-2)27(34)30(38)36(29)26(21-37)23-12-7-6-8-13-23/h4,6-16,20,26-29,37H,1,5,17-19,21H2,2-3H3/t26-,27+,28+,29?,33-,34?/m1/s1. The number of aliphatic hydroxyl groups excluding tert-OH is 1. The molecule has 3 aromatic carbocycles. The van der Waals surface area contributed by atoms with E-state index >= 15 is 0 Å². The summed E-state index contributed by atoms with van der Waals surface area (Å²) in [6.45, 7) is 7.82. The van der Waals surface area contributed by atoms with Crippen molar-refractivity contribution in [3.8, 4) is 0 Å². The van der Waals surface area contributed by atoms with Gasteiger partial charge in [-0.1, -0.05) is 66.7 Å². The summed E-state index contributed by atoms with van der Waals surface area (Å²) in [5.74, 6) is -2.31. The molecule has 2 amide bonds. The number of esters is 1. The Bertz CT molecular complexity index is 1550. The van der Waals surface area contributed by atoms with Crippen LogP contribution < -0.4 is 4.90 Å². The molecule has 1 spiro atoms. The van der Waals surface area contributed by atoms with Gasteiger partial charge in [-0.3, -0.25) is 14.4 Å². The second-order valence-electron chi connectivity index (χ2n) is 11.6. The van der Waals surface area contributed by atoms with Crippen molar-refractivity contribution in [2.24, 2.45) is 11.8 Å². The van der Waals surface area contributed by atoms with E-state index in [4.69, 9.17) is 4.74 Å². The molecule has 42 heavy (non-hydrogen) atoms. The van der Waals surface area contributed by atoms with E-state index in [-0.39, 0.29) is 31.6 Å². The second-order valence-corrected chi connectivity index (χ2v) is 13.5. The number of likely N-dealkylation sites (tertiary alicyclic amines) is 1. The predicted molar refractivity (Wildman–Crippen MR) is 165 cm³/mol. The lowest BCUT2D eigenvalue weighted by Gasteiger charge is -2.39. The first-order chi connectivity index (χ1) is 20.3. The largest absolute Gasteiger partial charge is 0.466 e. The molecule has 6 rings (SSSR count). The molecule has 3 aliphatic heterocycles. The second kappa shape index (κ2) is 10.9. The molecule has 3 aromatic rings. The average molecular weight is 585 g/mol. The summed E-state index contributed by atoms with van der Waals surface area (Å²) < 4.78 is 4.16. The van der Waals surface area contributed by atoms with Crippen LogP contribution in [0.4, 0.5) is 5.69 Å². The summed E-state index contributed by atoms with van der Waals surface area (Å²) >= 11 is 1.60. The maximum Gasteiger partial charge on any atom is 0.311 e. The van der Waals surface area contributed by atoms with Gasteiger partial charge in [-0.25, -0.2) is 0 Å². The van der Waals surface area contributed by atoms with Gasteiger partial charge in [0, 0.05) is 17.0 Å². The highest BCUT2D eigenvalue weighted by molar-refractivity contribution is 8.02. The summed E-state index contributed by atoms with van der Waals surface area (Å²) in [6.07, 6.45) is 2.99. The van der Waals surface area contributed by atoms with Crippen LogP contribution in [0, 0.1) is 11.8 Å². The molecule has 0 saturated carbocycles. The van der Waals surface area contributed by atoms with E-state index in [9.17, 15) is 19.5 Å². The molecular formula is C34H36N2O5S. The van der Waals surface area contributed by atoms with Crippen LogP contribution >= 0.6 is 11.8 Å². The molecule has 3 heterocycles. The molecule has 3 fully saturated rings. The van der Waals surface area contributed by atoms with E-state index in [2.05, 4.69) is 6.58 Å². The predicted octanol–water partition coefficient (Wildman–Crippen LogP) is 5.14. The van der Waals surface area contributed by atoms with E-state index in [0.29, 0.717) is 18.5 Å². The van der Waals surface area contributed by atoms with Crippen LogP contribution in [0.25, 0.3) is 10.8 Å². The molecule has 2 unspecified atom stereocenters. The normalized spacial score (nSPS) is 28.5. The van der Waals surface area contributed by atoms with Crippen LogP contribution in [-0.2, 0) is 19.1 Å². The Labute approximate surface area is 250 Å². The minimum Gasteiger partial charge on any atom is -0.466 e. The minimum absolute atomic E-state index is 0.217. The lowest BCUT2D eigenvalue weighted by atomic mass is 9.66. The number of anilines is 1. The molecule has 3 aliphatic rings. The molecule has 0 aromatic heterocycles. The molecule has 7 nitrogen and oxygen atoms in total. The van der Waals surface area contributed by atoms with Crippen molar-refractivity contribution in [2.75, 3.05) is 24.7 Å². The first-order valence-corrected chi connectivity index (χ1v) is 15.4. The van der Waals surface area contributed by atoms with Crippen molar-refractivity contribution in [1.29, 1.82) is 0 Å². The number of carbonyl (C=O) groups is 3. The zero-order valence-corrected chi connectivity index (χ0v) is 24.8. The van der Waals surface area contributed by atoms with Gasteiger partial charge < -0.3 is 19.6 Å². The number of rotatable bonds is 9. The third-order valence-corrected chi connectivity index (χ3v) is 11.3. The highest BCUT2D eigenvalue weighted by Crippen LogP contribution is 2.72. The summed E-state index contributed by atoms with van der Waals surface area (Å²) in [4.78, 5) is 46.3. The third-order valence-electron chi connectivity index (χ3n) is 9.30. The molecule has 0 radical (unpaired) electrons. The first-order valence-electron chi connectivity index (χ1n) is 14.6. The SMILES string of the molecule is C=CCN(C(=O)C1N([C@H](CO)c2ccccc2)C(=O)[C@@H]2[C@@H](C(=O)OCC)[C@@]3(C)CCC12S3)c1ccc2ccccc2c1. The molecule has 1 N–H and O–H groups in total. The van der Waals surface area contributed by atoms with E-state index in [1.54, 1.807) is 34.6 Å². The van der Waals surface area contributed by atoms with E-state index in [0.717, 1.165) is 16.3 Å². The summed E-state index contributed by atoms with van der Waals surface area (Å²) in [5, 5.41) is 12.8. The number of benzene rings is 3. The number of fused-ring (bicyclic) bond motifs is 2. The van der Waals surface area contributed by atoms with Crippen molar-refractivity contribution in [3.05, 3.63) is 91.0 Å².